The highest BCUT2D eigenvalue weighted by atomic mass is 16.2. The van der Waals surface area contributed by atoms with E-state index in [2.05, 4.69) is 11.2 Å². The standard InChI is InChI=1S/C21H29N5O2/c1-14-7-15(2)26(22-14)13-20(27)24-9-16-8-18(12-24)19-6-5-17(11-23(3)4)21(28)25(19)10-16/h5-7,16,18H,8-13H2,1-4H3/t16-,18+/m0/s1. The first-order valence-electron chi connectivity index (χ1n) is 9.98. The zero-order chi connectivity index (χ0) is 20.0. The summed E-state index contributed by atoms with van der Waals surface area (Å²) in [5.41, 5.74) is 3.98. The highest BCUT2D eigenvalue weighted by Gasteiger charge is 2.36. The maximum absolute atomic E-state index is 12.9. The van der Waals surface area contributed by atoms with E-state index < -0.39 is 0 Å². The molecular weight excluding hydrogens is 354 g/mol. The quantitative estimate of drug-likeness (QED) is 0.800. The fourth-order valence-corrected chi connectivity index (χ4v) is 4.72. The summed E-state index contributed by atoms with van der Waals surface area (Å²) in [6.45, 7) is 6.97. The van der Waals surface area contributed by atoms with Crippen molar-refractivity contribution in [3.63, 3.8) is 0 Å². The third-order valence-electron chi connectivity index (χ3n) is 5.91. The van der Waals surface area contributed by atoms with E-state index in [-0.39, 0.29) is 23.9 Å². The molecule has 2 aliphatic heterocycles. The minimum absolute atomic E-state index is 0.112. The molecule has 4 rings (SSSR count). The van der Waals surface area contributed by atoms with E-state index in [0.717, 1.165) is 35.6 Å². The van der Waals surface area contributed by atoms with Crippen molar-refractivity contribution < 1.29 is 4.79 Å². The van der Waals surface area contributed by atoms with Gasteiger partial charge in [0.15, 0.2) is 0 Å². The smallest absolute Gasteiger partial charge is 0.255 e. The van der Waals surface area contributed by atoms with Crippen LogP contribution in [0.1, 0.15) is 35.0 Å². The maximum Gasteiger partial charge on any atom is 0.255 e. The predicted molar refractivity (Wildman–Crippen MR) is 107 cm³/mol. The van der Waals surface area contributed by atoms with Gasteiger partial charge in [0.1, 0.15) is 6.54 Å². The van der Waals surface area contributed by atoms with E-state index >= 15 is 0 Å². The van der Waals surface area contributed by atoms with Crippen molar-refractivity contribution in [2.24, 2.45) is 5.92 Å². The number of likely N-dealkylation sites (tertiary alicyclic amines) is 1. The van der Waals surface area contributed by atoms with Gasteiger partial charge in [-0.05, 0) is 52.4 Å². The molecule has 28 heavy (non-hydrogen) atoms. The molecule has 2 aliphatic rings. The van der Waals surface area contributed by atoms with Crippen LogP contribution in [-0.4, -0.2) is 57.2 Å². The van der Waals surface area contributed by atoms with Crippen LogP contribution in [0.15, 0.2) is 23.0 Å². The van der Waals surface area contributed by atoms with E-state index in [0.29, 0.717) is 25.6 Å². The van der Waals surface area contributed by atoms with Gasteiger partial charge in [0.2, 0.25) is 5.91 Å². The van der Waals surface area contributed by atoms with Gasteiger partial charge >= 0.3 is 0 Å². The third kappa shape index (κ3) is 3.51. The van der Waals surface area contributed by atoms with Crippen molar-refractivity contribution in [1.29, 1.82) is 0 Å². The van der Waals surface area contributed by atoms with Gasteiger partial charge in [-0.3, -0.25) is 14.3 Å². The molecule has 4 heterocycles. The Labute approximate surface area is 165 Å². The van der Waals surface area contributed by atoms with Crippen LogP contribution in [0.3, 0.4) is 0 Å². The van der Waals surface area contributed by atoms with E-state index in [4.69, 9.17) is 0 Å². The lowest BCUT2D eigenvalue weighted by atomic mass is 9.83. The molecule has 7 nitrogen and oxygen atoms in total. The summed E-state index contributed by atoms with van der Waals surface area (Å²) >= 11 is 0. The number of carbonyl (C=O) groups is 1. The molecule has 1 saturated heterocycles. The van der Waals surface area contributed by atoms with Crippen LogP contribution in [0, 0.1) is 19.8 Å². The Bertz CT molecular complexity index is 958. The summed E-state index contributed by atoms with van der Waals surface area (Å²) in [5.74, 6) is 0.682. The predicted octanol–water partition coefficient (Wildman–Crippen LogP) is 1.37. The molecule has 0 saturated carbocycles. The Balaban J connectivity index is 1.54. The minimum atomic E-state index is 0.112. The molecule has 0 aromatic carbocycles. The highest BCUT2D eigenvalue weighted by Crippen LogP contribution is 2.35. The molecule has 0 radical (unpaired) electrons. The van der Waals surface area contributed by atoms with Gasteiger partial charge in [-0.2, -0.15) is 5.10 Å². The van der Waals surface area contributed by atoms with Crippen molar-refractivity contribution in [3.05, 3.63) is 51.2 Å². The van der Waals surface area contributed by atoms with E-state index in [1.807, 2.05) is 54.4 Å². The molecule has 7 heteroatoms. The second kappa shape index (κ2) is 7.20. The van der Waals surface area contributed by atoms with Crippen molar-refractivity contribution in [1.82, 2.24) is 24.1 Å². The van der Waals surface area contributed by atoms with Gasteiger partial charge in [0.05, 0.1) is 5.69 Å². The Morgan fingerprint density at radius 1 is 1.21 bits per heavy atom. The molecule has 2 atom stereocenters. The molecule has 2 aromatic rings. The van der Waals surface area contributed by atoms with Crippen LogP contribution in [0.2, 0.25) is 0 Å². The average Bonchev–Trinajstić information content (AvgIpc) is 2.94. The number of piperidine rings is 1. The van der Waals surface area contributed by atoms with Crippen LogP contribution in [-0.2, 0) is 24.4 Å². The van der Waals surface area contributed by atoms with Gasteiger partial charge in [-0.15, -0.1) is 0 Å². The molecule has 150 valence electrons. The highest BCUT2D eigenvalue weighted by molar-refractivity contribution is 5.76. The monoisotopic (exact) mass is 383 g/mol. The Morgan fingerprint density at radius 2 is 2.00 bits per heavy atom. The first-order valence-corrected chi connectivity index (χ1v) is 9.98. The largest absolute Gasteiger partial charge is 0.340 e. The number of carbonyl (C=O) groups excluding carboxylic acids is 1. The number of hydrogen-bond donors (Lipinski definition) is 0. The van der Waals surface area contributed by atoms with Crippen LogP contribution in [0.5, 0.6) is 0 Å². The third-order valence-corrected chi connectivity index (χ3v) is 5.91. The van der Waals surface area contributed by atoms with Crippen LogP contribution >= 0.6 is 0 Å². The van der Waals surface area contributed by atoms with Crippen molar-refractivity contribution in [3.8, 4) is 0 Å². The topological polar surface area (TPSA) is 63.4 Å². The Kier molecular flexibility index (Phi) is 4.87. The number of nitrogens with zero attached hydrogens (tertiary/aromatic N) is 5. The number of rotatable bonds is 4. The minimum Gasteiger partial charge on any atom is -0.340 e. The SMILES string of the molecule is Cc1cc(C)n(CC(=O)N2C[C@@H]3C[C@H](C2)c2ccc(CN(C)C)c(=O)n2C3)n1. The van der Waals surface area contributed by atoms with E-state index in [9.17, 15) is 9.59 Å². The number of hydrogen-bond acceptors (Lipinski definition) is 4. The fraction of sp³-hybridized carbons (Fsp3) is 0.571. The maximum atomic E-state index is 12.9. The summed E-state index contributed by atoms with van der Waals surface area (Å²) < 4.78 is 3.74. The normalized spacial score (nSPS) is 21.1. The van der Waals surface area contributed by atoms with E-state index in [1.54, 1.807) is 4.68 Å². The van der Waals surface area contributed by atoms with Gasteiger partial charge in [-0.1, -0.05) is 6.07 Å². The van der Waals surface area contributed by atoms with Crippen LogP contribution in [0.4, 0.5) is 0 Å². The molecule has 2 bridgehead atoms. The van der Waals surface area contributed by atoms with Crippen molar-refractivity contribution in [2.45, 2.75) is 45.8 Å². The number of aromatic nitrogens is 3. The molecule has 1 fully saturated rings. The first-order chi connectivity index (χ1) is 13.3. The van der Waals surface area contributed by atoms with Gasteiger partial charge in [-0.25, -0.2) is 0 Å². The zero-order valence-electron chi connectivity index (χ0n) is 17.2. The van der Waals surface area contributed by atoms with Gasteiger partial charge in [0.25, 0.3) is 5.56 Å². The molecule has 0 N–H and O–H groups in total. The van der Waals surface area contributed by atoms with Crippen LogP contribution < -0.4 is 5.56 Å². The summed E-state index contributed by atoms with van der Waals surface area (Å²) in [4.78, 5) is 29.8. The molecule has 0 unspecified atom stereocenters. The summed E-state index contributed by atoms with van der Waals surface area (Å²) in [6, 6.07) is 6.05. The molecule has 1 amide bonds. The van der Waals surface area contributed by atoms with Gasteiger partial charge < -0.3 is 14.4 Å². The van der Waals surface area contributed by atoms with Crippen LogP contribution in [0.25, 0.3) is 0 Å². The number of amides is 1. The Hall–Kier alpha value is -2.41. The van der Waals surface area contributed by atoms with E-state index in [1.165, 1.54) is 0 Å². The van der Waals surface area contributed by atoms with Crippen molar-refractivity contribution in [2.75, 3.05) is 27.2 Å². The molecule has 2 aromatic heterocycles. The number of pyridine rings is 1. The fourth-order valence-electron chi connectivity index (χ4n) is 4.72. The lowest BCUT2D eigenvalue weighted by Crippen LogP contribution is -2.50. The Morgan fingerprint density at radius 3 is 2.68 bits per heavy atom. The first kappa shape index (κ1) is 18.9. The average molecular weight is 383 g/mol. The lowest BCUT2D eigenvalue weighted by Gasteiger charge is -2.43. The number of fused-ring (bicyclic) bond motifs is 4. The molecule has 0 spiro atoms. The molecular formula is C21H29N5O2. The van der Waals surface area contributed by atoms with Crippen molar-refractivity contribution >= 4 is 5.91 Å². The molecule has 0 aliphatic carbocycles. The summed E-state index contributed by atoms with van der Waals surface area (Å²) in [7, 11) is 3.95. The summed E-state index contributed by atoms with van der Waals surface area (Å²) in [6.07, 6.45) is 1.05. The van der Waals surface area contributed by atoms with Gasteiger partial charge in [0, 0.05) is 49.0 Å². The zero-order valence-corrected chi connectivity index (χ0v) is 17.2. The second-order valence-electron chi connectivity index (χ2n) is 8.62. The number of aryl methyl sites for hydroxylation is 2. The lowest BCUT2D eigenvalue weighted by molar-refractivity contribution is -0.134. The summed E-state index contributed by atoms with van der Waals surface area (Å²) in [5, 5.41) is 4.42. The second-order valence-corrected chi connectivity index (χ2v) is 8.62.